The Hall–Kier alpha value is -2.70. The molecule has 3 rings (SSSR count). The molecule has 0 aliphatic heterocycles. The zero-order valence-corrected chi connectivity index (χ0v) is 16.5. The Morgan fingerprint density at radius 2 is 1.82 bits per heavy atom. The van der Waals surface area contributed by atoms with Crippen molar-refractivity contribution in [3.63, 3.8) is 0 Å². The molecule has 2 aromatic carbocycles. The van der Waals surface area contributed by atoms with E-state index in [9.17, 15) is 14.8 Å². The van der Waals surface area contributed by atoms with Gasteiger partial charge in [-0.1, -0.05) is 60.5 Å². The first-order chi connectivity index (χ1) is 13.4. The maximum atomic E-state index is 13.0. The summed E-state index contributed by atoms with van der Waals surface area (Å²) in [6.45, 7) is 1.54. The largest absolute Gasteiger partial charge is 0.618 e. The minimum absolute atomic E-state index is 0.0548. The molecule has 0 saturated heterocycles. The fourth-order valence-electron chi connectivity index (χ4n) is 2.69. The number of esters is 1. The van der Waals surface area contributed by atoms with E-state index < -0.39 is 11.8 Å². The SMILES string of the molecule is CCCC(=O)OCc1nc2cc(Cl)c(Cl)cc2[n+]([O-])c1C(=O)c1ccccc1. The number of hydrogen-bond acceptors (Lipinski definition) is 5. The van der Waals surface area contributed by atoms with Gasteiger partial charge in [-0.2, -0.15) is 4.73 Å². The van der Waals surface area contributed by atoms with Crippen LogP contribution in [0.3, 0.4) is 0 Å². The van der Waals surface area contributed by atoms with E-state index >= 15 is 0 Å². The maximum absolute atomic E-state index is 13.0. The third-order valence-electron chi connectivity index (χ3n) is 4.04. The van der Waals surface area contributed by atoms with Crippen LogP contribution in [0.4, 0.5) is 0 Å². The minimum atomic E-state index is -0.530. The topological polar surface area (TPSA) is 83.2 Å². The Morgan fingerprint density at radius 3 is 2.50 bits per heavy atom. The lowest BCUT2D eigenvalue weighted by Gasteiger charge is -2.12. The second kappa shape index (κ2) is 8.54. The molecule has 0 N–H and O–H groups in total. The summed E-state index contributed by atoms with van der Waals surface area (Å²) in [4.78, 5) is 29.1. The molecule has 0 radical (unpaired) electrons. The molecule has 0 aliphatic carbocycles. The molecule has 0 amide bonds. The first kappa shape index (κ1) is 20.0. The molecular formula is C20H16Cl2N2O4. The Bertz CT molecular complexity index is 1060. The molecule has 0 saturated carbocycles. The van der Waals surface area contributed by atoms with Gasteiger partial charge in [0.1, 0.15) is 12.1 Å². The number of aromatic nitrogens is 2. The number of nitrogens with zero attached hydrogens (tertiary/aromatic N) is 2. The van der Waals surface area contributed by atoms with Crippen molar-refractivity contribution in [2.24, 2.45) is 0 Å². The van der Waals surface area contributed by atoms with Crippen molar-refractivity contribution in [3.05, 3.63) is 74.7 Å². The van der Waals surface area contributed by atoms with E-state index in [1.54, 1.807) is 30.3 Å². The Labute approximate surface area is 171 Å². The van der Waals surface area contributed by atoms with E-state index in [0.717, 1.165) is 0 Å². The summed E-state index contributed by atoms with van der Waals surface area (Å²) < 4.78 is 5.65. The summed E-state index contributed by atoms with van der Waals surface area (Å²) in [6, 6.07) is 11.1. The second-order valence-corrected chi connectivity index (χ2v) is 6.88. The first-order valence-electron chi connectivity index (χ1n) is 8.59. The number of ketones is 1. The standard InChI is InChI=1S/C20H16Cl2N2O4/c1-2-6-18(25)28-11-16-19(20(26)12-7-4-3-5-8-12)24(27)17-10-14(22)13(21)9-15(17)23-16/h3-5,7-10H,2,6,11H2,1H3. The van der Waals surface area contributed by atoms with Gasteiger partial charge in [-0.15, -0.1) is 0 Å². The highest BCUT2D eigenvalue weighted by atomic mass is 35.5. The molecule has 0 unspecified atom stereocenters. The molecular weight excluding hydrogens is 403 g/mol. The van der Waals surface area contributed by atoms with Crippen molar-refractivity contribution in [3.8, 4) is 0 Å². The van der Waals surface area contributed by atoms with Gasteiger partial charge in [0.05, 0.1) is 10.0 Å². The molecule has 144 valence electrons. The van der Waals surface area contributed by atoms with Crippen LogP contribution >= 0.6 is 23.2 Å². The van der Waals surface area contributed by atoms with Crippen molar-refractivity contribution in [2.75, 3.05) is 0 Å². The molecule has 3 aromatic rings. The predicted molar refractivity (Wildman–Crippen MR) is 105 cm³/mol. The van der Waals surface area contributed by atoms with Crippen molar-refractivity contribution < 1.29 is 19.1 Å². The highest BCUT2D eigenvalue weighted by molar-refractivity contribution is 6.42. The normalized spacial score (nSPS) is 10.8. The van der Waals surface area contributed by atoms with E-state index in [2.05, 4.69) is 4.98 Å². The lowest BCUT2D eigenvalue weighted by atomic mass is 10.1. The molecule has 1 heterocycles. The zero-order valence-electron chi connectivity index (χ0n) is 14.9. The van der Waals surface area contributed by atoms with Gasteiger partial charge in [0, 0.05) is 18.1 Å². The highest BCUT2D eigenvalue weighted by Gasteiger charge is 2.28. The molecule has 0 spiro atoms. The lowest BCUT2D eigenvalue weighted by molar-refractivity contribution is -0.580. The van der Waals surface area contributed by atoms with Crippen molar-refractivity contribution in [2.45, 2.75) is 26.4 Å². The van der Waals surface area contributed by atoms with Crippen LogP contribution in [0.15, 0.2) is 42.5 Å². The number of carbonyl (C=O) groups excluding carboxylic acids is 2. The number of carbonyl (C=O) groups is 2. The van der Waals surface area contributed by atoms with E-state index in [1.165, 1.54) is 12.1 Å². The van der Waals surface area contributed by atoms with Gasteiger partial charge in [0.2, 0.25) is 5.52 Å². The van der Waals surface area contributed by atoms with Gasteiger partial charge in [-0.05, 0) is 12.5 Å². The number of rotatable bonds is 6. The molecule has 0 fully saturated rings. The Kier molecular flexibility index (Phi) is 6.11. The van der Waals surface area contributed by atoms with Gasteiger partial charge >= 0.3 is 5.97 Å². The van der Waals surface area contributed by atoms with Crippen LogP contribution < -0.4 is 4.73 Å². The number of hydrogen-bond donors (Lipinski definition) is 0. The van der Waals surface area contributed by atoms with E-state index in [-0.39, 0.29) is 45.5 Å². The third-order valence-corrected chi connectivity index (χ3v) is 4.77. The summed E-state index contributed by atoms with van der Waals surface area (Å²) in [5.74, 6) is -0.966. The van der Waals surface area contributed by atoms with Crippen LogP contribution in [-0.4, -0.2) is 16.7 Å². The van der Waals surface area contributed by atoms with E-state index in [1.807, 2.05) is 6.92 Å². The third kappa shape index (κ3) is 4.08. The number of benzene rings is 2. The van der Waals surface area contributed by atoms with Crippen LogP contribution in [0.25, 0.3) is 11.0 Å². The number of halogens is 2. The van der Waals surface area contributed by atoms with Gasteiger partial charge in [-0.3, -0.25) is 9.59 Å². The van der Waals surface area contributed by atoms with Gasteiger partial charge < -0.3 is 9.94 Å². The summed E-state index contributed by atoms with van der Waals surface area (Å²) in [7, 11) is 0. The van der Waals surface area contributed by atoms with Gasteiger partial charge in [0.15, 0.2) is 5.69 Å². The highest BCUT2D eigenvalue weighted by Crippen LogP contribution is 2.26. The lowest BCUT2D eigenvalue weighted by Crippen LogP contribution is -2.38. The fraction of sp³-hybridized carbons (Fsp3) is 0.200. The molecule has 28 heavy (non-hydrogen) atoms. The smallest absolute Gasteiger partial charge is 0.306 e. The summed E-state index contributed by atoms with van der Waals surface area (Å²) >= 11 is 12.0. The van der Waals surface area contributed by atoms with Crippen LogP contribution in [0, 0.1) is 5.21 Å². The average Bonchev–Trinajstić information content (AvgIpc) is 2.68. The molecule has 0 bridgehead atoms. The summed E-state index contributed by atoms with van der Waals surface area (Å²) in [6.07, 6.45) is 0.851. The molecule has 6 nitrogen and oxygen atoms in total. The molecule has 1 aromatic heterocycles. The van der Waals surface area contributed by atoms with Crippen molar-refractivity contribution in [1.29, 1.82) is 0 Å². The zero-order chi connectivity index (χ0) is 20.3. The first-order valence-corrected chi connectivity index (χ1v) is 9.34. The summed E-state index contributed by atoms with van der Waals surface area (Å²) in [5, 5.41) is 13.4. The molecule has 0 atom stereocenters. The average molecular weight is 419 g/mol. The minimum Gasteiger partial charge on any atom is -0.618 e. The van der Waals surface area contributed by atoms with Crippen LogP contribution in [-0.2, 0) is 16.1 Å². The molecule has 0 aliphatic rings. The monoisotopic (exact) mass is 418 g/mol. The van der Waals surface area contributed by atoms with Gasteiger partial charge in [-0.25, -0.2) is 4.98 Å². The molecule has 8 heteroatoms. The summed E-state index contributed by atoms with van der Waals surface area (Å²) in [5.41, 5.74) is 0.489. The number of fused-ring (bicyclic) bond motifs is 1. The van der Waals surface area contributed by atoms with E-state index in [0.29, 0.717) is 16.7 Å². The fourth-order valence-corrected chi connectivity index (χ4v) is 3.01. The quantitative estimate of drug-likeness (QED) is 0.258. The van der Waals surface area contributed by atoms with E-state index in [4.69, 9.17) is 27.9 Å². The maximum Gasteiger partial charge on any atom is 0.306 e. The van der Waals surface area contributed by atoms with Crippen LogP contribution in [0.2, 0.25) is 10.0 Å². The predicted octanol–water partition coefficient (Wildman–Crippen LogP) is 4.25. The van der Waals surface area contributed by atoms with Crippen molar-refractivity contribution >= 4 is 46.0 Å². The Balaban J connectivity index is 2.15. The van der Waals surface area contributed by atoms with Crippen LogP contribution in [0.5, 0.6) is 0 Å². The van der Waals surface area contributed by atoms with Crippen molar-refractivity contribution in [1.82, 2.24) is 4.98 Å². The van der Waals surface area contributed by atoms with Gasteiger partial charge in [0.25, 0.3) is 11.5 Å². The number of ether oxygens (including phenoxy) is 1. The van der Waals surface area contributed by atoms with Crippen LogP contribution in [0.1, 0.15) is 41.5 Å². The Morgan fingerprint density at radius 1 is 1.14 bits per heavy atom. The second-order valence-electron chi connectivity index (χ2n) is 6.06.